The molecule has 7 nitrogen and oxygen atoms in total. The van der Waals surface area contributed by atoms with Gasteiger partial charge in [0, 0.05) is 36.6 Å². The predicted octanol–water partition coefficient (Wildman–Crippen LogP) is 2.60. The molecule has 144 valence electrons. The number of sulfonamides is 1. The number of aromatic nitrogens is 1. The minimum absolute atomic E-state index is 0.0161. The fourth-order valence-electron chi connectivity index (χ4n) is 2.54. The maximum absolute atomic E-state index is 12.4. The second-order valence-electron chi connectivity index (χ2n) is 5.86. The third-order valence-electron chi connectivity index (χ3n) is 3.91. The van der Waals surface area contributed by atoms with Gasteiger partial charge in [0.05, 0.1) is 22.7 Å². The first-order valence-corrected chi connectivity index (χ1v) is 11.2. The Bertz CT molecular complexity index is 1150. The maximum atomic E-state index is 12.4. The zero-order chi connectivity index (χ0) is 19.8. The summed E-state index contributed by atoms with van der Waals surface area (Å²) in [5, 5.41) is 1.91. The lowest BCUT2D eigenvalue weighted by Crippen LogP contribution is -2.26. The number of fused-ring (bicyclic) bond motifs is 1. The van der Waals surface area contributed by atoms with Crippen LogP contribution < -0.4 is 5.56 Å². The molecular formula is C17H18N2O5S3. The molecule has 27 heavy (non-hydrogen) atoms. The Morgan fingerprint density at radius 1 is 1.26 bits per heavy atom. The molecule has 0 aliphatic heterocycles. The van der Waals surface area contributed by atoms with Crippen molar-refractivity contribution >= 4 is 48.1 Å². The molecular weight excluding hydrogens is 408 g/mol. The van der Waals surface area contributed by atoms with Gasteiger partial charge in [0.2, 0.25) is 10.0 Å². The van der Waals surface area contributed by atoms with Crippen LogP contribution in [0.15, 0.2) is 39.5 Å². The lowest BCUT2D eigenvalue weighted by Gasteiger charge is -2.13. The molecule has 0 saturated heterocycles. The van der Waals surface area contributed by atoms with E-state index in [1.807, 2.05) is 11.4 Å². The quantitative estimate of drug-likeness (QED) is 0.566. The van der Waals surface area contributed by atoms with Crippen LogP contribution in [-0.4, -0.2) is 44.0 Å². The summed E-state index contributed by atoms with van der Waals surface area (Å²) in [4.78, 5) is 25.1. The van der Waals surface area contributed by atoms with Gasteiger partial charge in [-0.25, -0.2) is 17.5 Å². The van der Waals surface area contributed by atoms with Gasteiger partial charge in [-0.1, -0.05) is 0 Å². The van der Waals surface area contributed by atoms with E-state index in [9.17, 15) is 18.0 Å². The van der Waals surface area contributed by atoms with Crippen LogP contribution in [-0.2, 0) is 21.3 Å². The van der Waals surface area contributed by atoms with Crippen molar-refractivity contribution in [3.05, 3.63) is 50.6 Å². The molecule has 3 aromatic heterocycles. The lowest BCUT2D eigenvalue weighted by atomic mass is 10.2. The monoisotopic (exact) mass is 426 g/mol. The Balaban J connectivity index is 2.10. The van der Waals surface area contributed by atoms with Crippen molar-refractivity contribution in [1.29, 1.82) is 0 Å². The molecule has 0 fully saturated rings. The van der Waals surface area contributed by atoms with Crippen molar-refractivity contribution in [2.24, 2.45) is 0 Å². The van der Waals surface area contributed by atoms with E-state index in [-0.39, 0.29) is 23.6 Å². The summed E-state index contributed by atoms with van der Waals surface area (Å²) in [6.45, 7) is 2.07. The van der Waals surface area contributed by atoms with Gasteiger partial charge in [-0.3, -0.25) is 4.79 Å². The highest BCUT2D eigenvalue weighted by Gasteiger charge is 2.22. The molecule has 3 heterocycles. The molecule has 0 radical (unpaired) electrons. The molecule has 10 heteroatoms. The van der Waals surface area contributed by atoms with Crippen LogP contribution in [0.3, 0.4) is 0 Å². The van der Waals surface area contributed by atoms with Crippen LogP contribution in [0.1, 0.15) is 22.2 Å². The number of rotatable bonds is 6. The zero-order valence-electron chi connectivity index (χ0n) is 15.0. The standard InChI is InChI=1S/C17H18N2O5S3/c1-4-24-17(21)16-12(15-13(26-16)7-8-25-15)10-19-9-11(5-6-14(19)20)27(22,23)18(2)3/h5-9H,4,10H2,1-3H3. The van der Waals surface area contributed by atoms with E-state index in [0.29, 0.717) is 10.4 Å². The summed E-state index contributed by atoms with van der Waals surface area (Å²) in [6, 6.07) is 4.42. The Morgan fingerprint density at radius 2 is 2.00 bits per heavy atom. The maximum Gasteiger partial charge on any atom is 0.348 e. The van der Waals surface area contributed by atoms with Crippen molar-refractivity contribution in [2.75, 3.05) is 20.7 Å². The normalized spacial score (nSPS) is 12.0. The summed E-state index contributed by atoms with van der Waals surface area (Å²) in [7, 11) is -0.818. The molecule has 0 N–H and O–H groups in total. The topological polar surface area (TPSA) is 85.7 Å². The van der Waals surface area contributed by atoms with Gasteiger partial charge in [-0.05, 0) is 24.4 Å². The highest BCUT2D eigenvalue weighted by atomic mass is 32.2. The predicted molar refractivity (Wildman–Crippen MR) is 106 cm³/mol. The first kappa shape index (κ1) is 19.7. The minimum atomic E-state index is -3.67. The molecule has 0 aliphatic rings. The molecule has 0 saturated carbocycles. The largest absolute Gasteiger partial charge is 0.462 e. The van der Waals surface area contributed by atoms with Crippen LogP contribution >= 0.6 is 22.7 Å². The number of nitrogens with zero attached hydrogens (tertiary/aromatic N) is 2. The summed E-state index contributed by atoms with van der Waals surface area (Å²) >= 11 is 2.78. The number of esters is 1. The number of carbonyl (C=O) groups is 1. The molecule has 0 amide bonds. The number of hydrogen-bond acceptors (Lipinski definition) is 7. The SMILES string of the molecule is CCOC(=O)c1sc2ccsc2c1Cn1cc(S(=O)(=O)N(C)C)ccc1=O. The fourth-order valence-corrected chi connectivity index (χ4v) is 5.72. The van der Waals surface area contributed by atoms with Crippen molar-refractivity contribution in [3.8, 4) is 0 Å². The van der Waals surface area contributed by atoms with Gasteiger partial charge < -0.3 is 9.30 Å². The van der Waals surface area contributed by atoms with Crippen molar-refractivity contribution < 1.29 is 17.9 Å². The highest BCUT2D eigenvalue weighted by Crippen LogP contribution is 2.36. The van der Waals surface area contributed by atoms with E-state index in [4.69, 9.17) is 4.74 Å². The van der Waals surface area contributed by atoms with Gasteiger partial charge in [0.1, 0.15) is 4.88 Å². The summed E-state index contributed by atoms with van der Waals surface area (Å²) < 4.78 is 34.1. The second-order valence-corrected chi connectivity index (χ2v) is 9.98. The molecule has 3 aromatic rings. The summed E-state index contributed by atoms with van der Waals surface area (Å²) in [5.41, 5.74) is 0.323. The van der Waals surface area contributed by atoms with Crippen LogP contribution in [0.2, 0.25) is 0 Å². The van der Waals surface area contributed by atoms with E-state index >= 15 is 0 Å². The Morgan fingerprint density at radius 3 is 2.67 bits per heavy atom. The summed E-state index contributed by atoms with van der Waals surface area (Å²) in [6.07, 6.45) is 1.31. The number of pyridine rings is 1. The molecule has 0 aliphatic carbocycles. The first-order valence-electron chi connectivity index (χ1n) is 8.04. The van der Waals surface area contributed by atoms with Crippen molar-refractivity contribution in [1.82, 2.24) is 8.87 Å². The van der Waals surface area contributed by atoms with Gasteiger partial charge in [-0.15, -0.1) is 22.7 Å². The molecule has 0 unspecified atom stereocenters. The number of ether oxygens (including phenoxy) is 1. The average Bonchev–Trinajstić information content (AvgIpc) is 3.19. The van der Waals surface area contributed by atoms with Crippen LogP contribution in [0.5, 0.6) is 0 Å². The Kier molecular flexibility index (Phi) is 5.52. The molecule has 0 atom stereocenters. The van der Waals surface area contributed by atoms with E-state index in [1.165, 1.54) is 59.7 Å². The van der Waals surface area contributed by atoms with E-state index < -0.39 is 16.0 Å². The third-order valence-corrected chi connectivity index (χ3v) is 7.99. The van der Waals surface area contributed by atoms with Gasteiger partial charge in [-0.2, -0.15) is 0 Å². The van der Waals surface area contributed by atoms with Gasteiger partial charge >= 0.3 is 5.97 Å². The van der Waals surface area contributed by atoms with Crippen LogP contribution in [0.4, 0.5) is 0 Å². The van der Waals surface area contributed by atoms with E-state index in [2.05, 4.69) is 0 Å². The molecule has 3 rings (SSSR count). The number of hydrogen-bond donors (Lipinski definition) is 0. The molecule has 0 bridgehead atoms. The minimum Gasteiger partial charge on any atom is -0.462 e. The highest BCUT2D eigenvalue weighted by molar-refractivity contribution is 7.89. The lowest BCUT2D eigenvalue weighted by molar-refractivity contribution is 0.0531. The smallest absolute Gasteiger partial charge is 0.348 e. The van der Waals surface area contributed by atoms with Crippen molar-refractivity contribution in [2.45, 2.75) is 18.4 Å². The average molecular weight is 427 g/mol. The summed E-state index contributed by atoms with van der Waals surface area (Å²) in [5.74, 6) is -0.439. The fraction of sp³-hybridized carbons (Fsp3) is 0.294. The second kappa shape index (κ2) is 7.55. The third kappa shape index (κ3) is 3.70. The van der Waals surface area contributed by atoms with E-state index in [1.54, 1.807) is 6.92 Å². The van der Waals surface area contributed by atoms with Crippen molar-refractivity contribution in [3.63, 3.8) is 0 Å². The first-order chi connectivity index (χ1) is 12.8. The zero-order valence-corrected chi connectivity index (χ0v) is 17.4. The van der Waals surface area contributed by atoms with E-state index in [0.717, 1.165) is 13.7 Å². The number of carbonyl (C=O) groups excluding carboxylic acids is 1. The van der Waals surface area contributed by atoms with Gasteiger partial charge in [0.15, 0.2) is 0 Å². The molecule has 0 aromatic carbocycles. The van der Waals surface area contributed by atoms with Crippen LogP contribution in [0.25, 0.3) is 9.40 Å². The van der Waals surface area contributed by atoms with Gasteiger partial charge in [0.25, 0.3) is 5.56 Å². The number of thiophene rings is 2. The molecule has 0 spiro atoms. The Labute approximate surface area is 164 Å². The van der Waals surface area contributed by atoms with Crippen LogP contribution in [0, 0.1) is 0 Å². The Hall–Kier alpha value is -2.01.